The lowest BCUT2D eigenvalue weighted by Crippen LogP contribution is -2.61. The number of nitrogens with zero attached hydrogens (tertiary/aromatic N) is 5. The van der Waals surface area contributed by atoms with Crippen molar-refractivity contribution in [1.29, 1.82) is 0 Å². The quantitative estimate of drug-likeness (QED) is 0.318. The van der Waals surface area contributed by atoms with Crippen LogP contribution < -0.4 is 19.7 Å². The highest BCUT2D eigenvalue weighted by molar-refractivity contribution is 5.96. The van der Waals surface area contributed by atoms with Gasteiger partial charge < -0.3 is 24.6 Å². The molecular formula is C34H41F3N6O3. The van der Waals surface area contributed by atoms with Crippen LogP contribution in [0.5, 0.6) is 11.6 Å². The van der Waals surface area contributed by atoms with Crippen LogP contribution in [0.4, 0.5) is 19.0 Å². The van der Waals surface area contributed by atoms with Gasteiger partial charge in [0.1, 0.15) is 22.8 Å². The van der Waals surface area contributed by atoms with Crippen LogP contribution in [0.15, 0.2) is 42.7 Å². The number of hydrogen-bond acceptors (Lipinski definition) is 8. The van der Waals surface area contributed by atoms with Gasteiger partial charge in [0.25, 0.3) is 5.91 Å². The minimum Gasteiger partial charge on any atom is -0.493 e. The number of hydrogen-bond donors (Lipinski definition) is 1. The Kier molecular flexibility index (Phi) is 9.09. The maximum atomic E-state index is 14.5. The predicted octanol–water partition coefficient (Wildman–Crippen LogP) is 5.74. The van der Waals surface area contributed by atoms with Gasteiger partial charge in [-0.25, -0.2) is 15.0 Å². The molecule has 3 atom stereocenters. The molecule has 0 aromatic carbocycles. The number of alkyl halides is 3. The van der Waals surface area contributed by atoms with Gasteiger partial charge in [-0.15, -0.1) is 0 Å². The Morgan fingerprint density at radius 2 is 1.93 bits per heavy atom. The van der Waals surface area contributed by atoms with E-state index in [1.807, 2.05) is 43.0 Å². The number of aromatic nitrogens is 3. The van der Waals surface area contributed by atoms with Crippen LogP contribution >= 0.6 is 0 Å². The molecule has 3 aliphatic rings. The summed E-state index contributed by atoms with van der Waals surface area (Å²) in [7, 11) is 0. The van der Waals surface area contributed by atoms with Crippen molar-refractivity contribution in [3.05, 3.63) is 59.5 Å². The maximum Gasteiger partial charge on any atom is 0.423 e. The van der Waals surface area contributed by atoms with Crippen molar-refractivity contribution in [2.24, 2.45) is 5.92 Å². The number of nitrogens with one attached hydrogen (secondary N) is 1. The molecule has 6 rings (SSSR count). The fourth-order valence-electron chi connectivity index (χ4n) is 7.43. The number of fused-ring (bicyclic) bond motifs is 2. The third kappa shape index (κ3) is 5.76. The van der Waals surface area contributed by atoms with Gasteiger partial charge in [-0.05, 0) is 68.5 Å². The SMILES string of the molecule is CCCOc1ccnc(N2CCC3(CN(C4CCNC4)C(=O)c4nc(-c5cccnc5OCC)ccc43)C(CC)C2)c1C(F)(F)F. The second-order valence-corrected chi connectivity index (χ2v) is 12.3. The van der Waals surface area contributed by atoms with E-state index < -0.39 is 17.2 Å². The van der Waals surface area contributed by atoms with Crippen LogP contribution in [0.3, 0.4) is 0 Å². The van der Waals surface area contributed by atoms with E-state index in [4.69, 9.17) is 14.5 Å². The van der Waals surface area contributed by atoms with Crippen molar-refractivity contribution in [3.63, 3.8) is 0 Å². The molecule has 12 heteroatoms. The summed E-state index contributed by atoms with van der Waals surface area (Å²) in [5.74, 6) is -0.0352. The lowest BCUT2D eigenvalue weighted by molar-refractivity contribution is -0.138. The van der Waals surface area contributed by atoms with Gasteiger partial charge >= 0.3 is 6.18 Å². The third-order valence-corrected chi connectivity index (χ3v) is 9.63. The predicted molar refractivity (Wildman–Crippen MR) is 168 cm³/mol. The molecule has 6 heterocycles. The highest BCUT2D eigenvalue weighted by atomic mass is 19.4. The fraction of sp³-hybridized carbons (Fsp3) is 0.529. The lowest BCUT2D eigenvalue weighted by atomic mass is 9.62. The average Bonchev–Trinajstić information content (AvgIpc) is 3.60. The minimum absolute atomic E-state index is 0.0155. The largest absolute Gasteiger partial charge is 0.493 e. The third-order valence-electron chi connectivity index (χ3n) is 9.63. The van der Waals surface area contributed by atoms with Crippen molar-refractivity contribution in [2.75, 3.05) is 50.8 Å². The van der Waals surface area contributed by atoms with Gasteiger partial charge in [0, 0.05) is 50.0 Å². The summed E-state index contributed by atoms with van der Waals surface area (Å²) in [5, 5.41) is 3.38. The summed E-state index contributed by atoms with van der Waals surface area (Å²) in [6.45, 7) is 9.14. The Hall–Kier alpha value is -3.93. The van der Waals surface area contributed by atoms with Crippen LogP contribution in [0, 0.1) is 5.92 Å². The Morgan fingerprint density at radius 3 is 2.65 bits per heavy atom. The van der Waals surface area contributed by atoms with Gasteiger partial charge in [-0.3, -0.25) is 4.79 Å². The molecule has 1 amide bonds. The van der Waals surface area contributed by atoms with E-state index in [2.05, 4.69) is 22.2 Å². The van der Waals surface area contributed by atoms with Gasteiger partial charge in [0.15, 0.2) is 0 Å². The van der Waals surface area contributed by atoms with Crippen LogP contribution in [0.2, 0.25) is 0 Å². The van der Waals surface area contributed by atoms with Crippen LogP contribution in [-0.4, -0.2) is 77.7 Å². The van der Waals surface area contributed by atoms with Crippen molar-refractivity contribution < 1.29 is 27.4 Å². The summed E-state index contributed by atoms with van der Waals surface area (Å²) >= 11 is 0. The molecule has 9 nitrogen and oxygen atoms in total. The van der Waals surface area contributed by atoms with E-state index in [0.717, 1.165) is 18.5 Å². The molecule has 46 heavy (non-hydrogen) atoms. The Labute approximate surface area is 267 Å². The van der Waals surface area contributed by atoms with Crippen molar-refractivity contribution in [2.45, 2.75) is 64.1 Å². The van der Waals surface area contributed by atoms with Crippen molar-refractivity contribution in [1.82, 2.24) is 25.2 Å². The number of ether oxygens (including phenoxy) is 2. The van der Waals surface area contributed by atoms with E-state index in [-0.39, 0.29) is 36.0 Å². The normalized spacial score (nSPS) is 23.1. The molecule has 1 spiro atoms. The van der Waals surface area contributed by atoms with E-state index >= 15 is 0 Å². The van der Waals surface area contributed by atoms with Gasteiger partial charge in [0.2, 0.25) is 5.88 Å². The number of piperidine rings is 1. The molecular weight excluding hydrogens is 597 g/mol. The Morgan fingerprint density at radius 1 is 1.09 bits per heavy atom. The first-order chi connectivity index (χ1) is 22.2. The number of amides is 1. The second kappa shape index (κ2) is 13.1. The molecule has 0 aliphatic carbocycles. The van der Waals surface area contributed by atoms with Crippen LogP contribution in [-0.2, 0) is 11.6 Å². The fourth-order valence-corrected chi connectivity index (χ4v) is 7.43. The summed E-state index contributed by atoms with van der Waals surface area (Å²) < 4.78 is 54.9. The number of anilines is 1. The van der Waals surface area contributed by atoms with E-state index in [0.29, 0.717) is 74.9 Å². The first-order valence-corrected chi connectivity index (χ1v) is 16.3. The molecule has 3 aromatic heterocycles. The summed E-state index contributed by atoms with van der Waals surface area (Å²) in [5.41, 5.74) is 1.23. The number of pyridine rings is 3. The number of rotatable bonds is 9. The molecule has 0 bridgehead atoms. The molecule has 1 N–H and O–H groups in total. The van der Waals surface area contributed by atoms with Crippen LogP contribution in [0.25, 0.3) is 11.3 Å². The highest BCUT2D eigenvalue weighted by Crippen LogP contribution is 2.50. The van der Waals surface area contributed by atoms with Crippen molar-refractivity contribution in [3.8, 4) is 22.9 Å². The zero-order valence-electron chi connectivity index (χ0n) is 26.6. The van der Waals surface area contributed by atoms with Crippen molar-refractivity contribution >= 4 is 11.7 Å². The highest BCUT2D eigenvalue weighted by Gasteiger charge is 2.53. The Balaban J connectivity index is 1.42. The Bertz CT molecular complexity index is 1560. The number of carbonyl (C=O) groups is 1. The minimum atomic E-state index is -4.63. The monoisotopic (exact) mass is 638 g/mol. The van der Waals surface area contributed by atoms with Gasteiger partial charge in [-0.1, -0.05) is 26.3 Å². The first kappa shape index (κ1) is 32.0. The van der Waals surface area contributed by atoms with Gasteiger partial charge in [0.05, 0.1) is 24.5 Å². The topological polar surface area (TPSA) is 92.7 Å². The lowest BCUT2D eigenvalue weighted by Gasteiger charge is -2.53. The van der Waals surface area contributed by atoms with E-state index in [1.54, 1.807) is 11.1 Å². The molecule has 2 fully saturated rings. The smallest absolute Gasteiger partial charge is 0.423 e. The van der Waals surface area contributed by atoms with Gasteiger partial charge in [-0.2, -0.15) is 13.2 Å². The standard InChI is InChI=1S/C34H41F3N6O3/c1-4-18-46-27-12-16-39-30(28(27)34(35,36)37)42-17-13-33(22(5-2)20-42)21-43(23-11-15-38-19-23)32(44)29-25(33)9-10-26(41-29)24-8-7-14-40-31(24)45-6-3/h7-10,12,14,16,22-23,38H,4-6,11,13,15,17-21H2,1-3H3. The number of halogens is 3. The molecule has 246 valence electrons. The molecule has 0 radical (unpaired) electrons. The molecule has 2 saturated heterocycles. The van der Waals surface area contributed by atoms with E-state index in [9.17, 15) is 18.0 Å². The molecule has 0 saturated carbocycles. The molecule has 3 unspecified atom stereocenters. The zero-order chi connectivity index (χ0) is 32.5. The zero-order valence-corrected chi connectivity index (χ0v) is 26.6. The van der Waals surface area contributed by atoms with E-state index in [1.165, 1.54) is 12.3 Å². The first-order valence-electron chi connectivity index (χ1n) is 16.3. The molecule has 3 aromatic rings. The second-order valence-electron chi connectivity index (χ2n) is 12.3. The average molecular weight is 639 g/mol. The summed E-state index contributed by atoms with van der Waals surface area (Å²) in [4.78, 5) is 31.6. The van der Waals surface area contributed by atoms with Crippen LogP contribution in [0.1, 0.15) is 68.1 Å². The summed E-state index contributed by atoms with van der Waals surface area (Å²) in [6, 6.07) is 8.92. The summed E-state index contributed by atoms with van der Waals surface area (Å²) in [6.07, 6.45) is 1.09. The maximum absolute atomic E-state index is 14.5. The molecule has 3 aliphatic heterocycles. The number of carbonyl (C=O) groups excluding carboxylic acids is 1.